The van der Waals surface area contributed by atoms with Crippen molar-refractivity contribution < 1.29 is 4.74 Å². The van der Waals surface area contributed by atoms with E-state index in [1.54, 1.807) is 7.11 Å². The van der Waals surface area contributed by atoms with Gasteiger partial charge < -0.3 is 19.9 Å². The predicted octanol–water partition coefficient (Wildman–Crippen LogP) is 3.46. The van der Waals surface area contributed by atoms with Gasteiger partial charge in [0.15, 0.2) is 5.96 Å². The molecule has 0 spiro atoms. The summed E-state index contributed by atoms with van der Waals surface area (Å²) in [6.07, 6.45) is 4.79. The summed E-state index contributed by atoms with van der Waals surface area (Å²) in [5.74, 6) is 3.28. The van der Waals surface area contributed by atoms with Gasteiger partial charge >= 0.3 is 0 Å². The molecule has 0 saturated carbocycles. The minimum Gasteiger partial charge on any atom is -0.497 e. The fourth-order valence-corrected chi connectivity index (χ4v) is 2.66. The van der Waals surface area contributed by atoms with Crippen molar-refractivity contribution in [1.82, 2.24) is 20.2 Å². The second-order valence-corrected chi connectivity index (χ2v) is 6.61. The topological polar surface area (TPSA) is 63.5 Å². The number of nitrogens with zero attached hydrogens (tertiary/aromatic N) is 3. The quantitative estimate of drug-likeness (QED) is 0.325. The molecule has 1 aromatic carbocycles. The van der Waals surface area contributed by atoms with Crippen LogP contribution in [0.5, 0.6) is 5.75 Å². The lowest BCUT2D eigenvalue weighted by molar-refractivity contribution is 0.414. The normalized spacial score (nSPS) is 11.2. The van der Waals surface area contributed by atoms with Crippen molar-refractivity contribution in [2.24, 2.45) is 10.9 Å². The van der Waals surface area contributed by atoms with E-state index in [9.17, 15) is 0 Å². The molecule has 27 heavy (non-hydrogen) atoms. The number of aliphatic imine (C=N–C) groups is 1. The molecule has 2 aromatic rings. The van der Waals surface area contributed by atoms with Crippen molar-refractivity contribution in [1.29, 1.82) is 0 Å². The monoisotopic (exact) mass is 485 g/mol. The van der Waals surface area contributed by atoms with Gasteiger partial charge in [0.05, 0.1) is 7.11 Å². The molecule has 7 heteroatoms. The van der Waals surface area contributed by atoms with Crippen LogP contribution in [0.4, 0.5) is 0 Å². The number of methoxy groups -OCH3 is 1. The van der Waals surface area contributed by atoms with E-state index in [0.29, 0.717) is 12.5 Å². The van der Waals surface area contributed by atoms with Gasteiger partial charge in [-0.25, -0.2) is 9.98 Å². The summed E-state index contributed by atoms with van der Waals surface area (Å²) >= 11 is 0. The SMILES string of the molecule is CCNC(=NCc1nccn1CC(C)C)NCCc1ccc(OC)cc1.I. The second-order valence-electron chi connectivity index (χ2n) is 6.61. The number of rotatable bonds is 9. The second kappa shape index (κ2) is 12.6. The summed E-state index contributed by atoms with van der Waals surface area (Å²) in [6.45, 7) is 9.66. The van der Waals surface area contributed by atoms with E-state index in [-0.39, 0.29) is 24.0 Å². The molecule has 0 aliphatic carbocycles. The lowest BCUT2D eigenvalue weighted by Crippen LogP contribution is -2.38. The summed E-state index contributed by atoms with van der Waals surface area (Å²) in [4.78, 5) is 9.11. The van der Waals surface area contributed by atoms with Crippen LogP contribution >= 0.6 is 24.0 Å². The lowest BCUT2D eigenvalue weighted by Gasteiger charge is -2.12. The van der Waals surface area contributed by atoms with Crippen molar-refractivity contribution in [3.05, 3.63) is 48.0 Å². The Balaban J connectivity index is 0.00000364. The van der Waals surface area contributed by atoms with Crippen LogP contribution < -0.4 is 15.4 Å². The summed E-state index contributed by atoms with van der Waals surface area (Å²) in [5, 5.41) is 6.68. The van der Waals surface area contributed by atoms with Gasteiger partial charge in [-0.3, -0.25) is 0 Å². The number of guanidine groups is 1. The predicted molar refractivity (Wildman–Crippen MR) is 122 cm³/mol. The molecule has 2 rings (SSSR count). The Kier molecular flexibility index (Phi) is 10.8. The van der Waals surface area contributed by atoms with Crippen molar-refractivity contribution in [2.75, 3.05) is 20.2 Å². The number of benzene rings is 1. The third-order valence-electron chi connectivity index (χ3n) is 3.95. The summed E-state index contributed by atoms with van der Waals surface area (Å²) in [5.41, 5.74) is 1.27. The summed E-state index contributed by atoms with van der Waals surface area (Å²) in [7, 11) is 1.68. The zero-order valence-corrected chi connectivity index (χ0v) is 19.1. The fraction of sp³-hybridized carbons (Fsp3) is 0.500. The van der Waals surface area contributed by atoms with E-state index < -0.39 is 0 Å². The highest BCUT2D eigenvalue weighted by Crippen LogP contribution is 2.11. The highest BCUT2D eigenvalue weighted by Gasteiger charge is 2.05. The van der Waals surface area contributed by atoms with Gasteiger partial charge in [-0.2, -0.15) is 0 Å². The standard InChI is InChI=1S/C20H31N5O.HI/c1-5-21-20(23-11-10-17-6-8-18(26-4)9-7-17)24-14-19-22-12-13-25(19)15-16(2)3;/h6-9,12-13,16H,5,10-11,14-15H2,1-4H3,(H2,21,23,24);1H. The molecule has 0 unspecified atom stereocenters. The lowest BCUT2D eigenvalue weighted by atomic mass is 10.1. The Hall–Kier alpha value is -1.77. The molecule has 1 heterocycles. The number of imidazole rings is 1. The first-order valence-corrected chi connectivity index (χ1v) is 9.27. The Labute approximate surface area is 179 Å². The van der Waals surface area contributed by atoms with E-state index in [0.717, 1.165) is 43.6 Å². The number of hydrogen-bond acceptors (Lipinski definition) is 3. The molecule has 0 saturated heterocycles. The number of hydrogen-bond donors (Lipinski definition) is 2. The maximum absolute atomic E-state index is 5.19. The highest BCUT2D eigenvalue weighted by molar-refractivity contribution is 14.0. The third-order valence-corrected chi connectivity index (χ3v) is 3.95. The van der Waals surface area contributed by atoms with Crippen molar-refractivity contribution in [2.45, 2.75) is 40.3 Å². The minimum atomic E-state index is 0. The minimum absolute atomic E-state index is 0. The van der Waals surface area contributed by atoms with Crippen molar-refractivity contribution >= 4 is 29.9 Å². The average Bonchev–Trinajstić information content (AvgIpc) is 3.06. The van der Waals surface area contributed by atoms with Crippen LogP contribution in [-0.4, -0.2) is 35.7 Å². The summed E-state index contributed by atoms with van der Waals surface area (Å²) in [6, 6.07) is 8.16. The van der Waals surface area contributed by atoms with E-state index in [4.69, 9.17) is 4.74 Å². The third kappa shape index (κ3) is 8.19. The van der Waals surface area contributed by atoms with Gasteiger partial charge in [0.1, 0.15) is 18.1 Å². The van der Waals surface area contributed by atoms with E-state index in [2.05, 4.69) is 58.1 Å². The van der Waals surface area contributed by atoms with Crippen LogP contribution in [0.1, 0.15) is 32.2 Å². The summed E-state index contributed by atoms with van der Waals surface area (Å²) < 4.78 is 7.37. The van der Waals surface area contributed by atoms with E-state index in [1.807, 2.05) is 24.5 Å². The van der Waals surface area contributed by atoms with Gasteiger partial charge in [0, 0.05) is 32.0 Å². The first-order valence-electron chi connectivity index (χ1n) is 9.27. The molecule has 6 nitrogen and oxygen atoms in total. The van der Waals surface area contributed by atoms with Gasteiger partial charge in [-0.05, 0) is 37.0 Å². The van der Waals surface area contributed by atoms with Gasteiger partial charge in [0.2, 0.25) is 0 Å². The molecule has 0 radical (unpaired) electrons. The van der Waals surface area contributed by atoms with E-state index >= 15 is 0 Å². The van der Waals surface area contributed by atoms with Crippen molar-refractivity contribution in [3.8, 4) is 5.75 Å². The van der Waals surface area contributed by atoms with Crippen LogP contribution in [0.3, 0.4) is 0 Å². The maximum atomic E-state index is 5.19. The van der Waals surface area contributed by atoms with Crippen LogP contribution in [0.2, 0.25) is 0 Å². The van der Waals surface area contributed by atoms with Crippen LogP contribution in [0.15, 0.2) is 41.7 Å². The molecule has 0 fully saturated rings. The molecule has 0 aliphatic rings. The Morgan fingerprint density at radius 2 is 1.96 bits per heavy atom. The first kappa shape index (κ1) is 23.3. The molecule has 0 atom stereocenters. The molecular formula is C20H32IN5O. The Morgan fingerprint density at radius 1 is 1.22 bits per heavy atom. The van der Waals surface area contributed by atoms with Gasteiger partial charge in [-0.1, -0.05) is 26.0 Å². The molecule has 0 amide bonds. The first-order chi connectivity index (χ1) is 12.6. The van der Waals surface area contributed by atoms with Gasteiger partial charge in [0.25, 0.3) is 0 Å². The van der Waals surface area contributed by atoms with E-state index in [1.165, 1.54) is 5.56 Å². The Morgan fingerprint density at radius 3 is 2.59 bits per heavy atom. The number of aromatic nitrogens is 2. The molecule has 150 valence electrons. The molecule has 1 aromatic heterocycles. The molecule has 0 aliphatic heterocycles. The zero-order chi connectivity index (χ0) is 18.8. The fourth-order valence-electron chi connectivity index (χ4n) is 2.66. The van der Waals surface area contributed by atoms with Gasteiger partial charge in [-0.15, -0.1) is 24.0 Å². The number of nitrogens with one attached hydrogen (secondary N) is 2. The van der Waals surface area contributed by atoms with Crippen LogP contribution in [0, 0.1) is 5.92 Å². The molecule has 2 N–H and O–H groups in total. The number of halogens is 1. The van der Waals surface area contributed by atoms with Crippen LogP contribution in [0.25, 0.3) is 0 Å². The zero-order valence-electron chi connectivity index (χ0n) is 16.7. The Bertz CT molecular complexity index is 682. The largest absolute Gasteiger partial charge is 0.497 e. The molecule has 0 bridgehead atoms. The number of ether oxygens (including phenoxy) is 1. The maximum Gasteiger partial charge on any atom is 0.191 e. The van der Waals surface area contributed by atoms with Crippen molar-refractivity contribution in [3.63, 3.8) is 0 Å². The smallest absolute Gasteiger partial charge is 0.191 e. The van der Waals surface area contributed by atoms with Crippen LogP contribution in [-0.2, 0) is 19.5 Å². The molecular weight excluding hydrogens is 453 g/mol. The average molecular weight is 485 g/mol. The highest BCUT2D eigenvalue weighted by atomic mass is 127.